The Balaban J connectivity index is 2.38. The number of amides is 1. The molecule has 0 unspecified atom stereocenters. The monoisotopic (exact) mass is 372 g/mol. The van der Waals surface area contributed by atoms with E-state index in [9.17, 15) is 4.79 Å². The molecule has 0 bridgehead atoms. The Morgan fingerprint density at radius 1 is 1.25 bits per heavy atom. The van der Waals surface area contributed by atoms with E-state index in [-0.39, 0.29) is 5.91 Å². The number of carbonyl (C=O) groups is 1. The van der Waals surface area contributed by atoms with Crippen LogP contribution in [0.15, 0.2) is 34.8 Å². The number of nitrogens with one attached hydrogen (secondary N) is 1. The highest BCUT2D eigenvalue weighted by Gasteiger charge is 2.15. The normalized spacial score (nSPS) is 10.4. The molecule has 0 heterocycles. The van der Waals surface area contributed by atoms with E-state index in [1.165, 1.54) is 0 Å². The number of nitrogens with two attached hydrogens (primary N) is 1. The maximum atomic E-state index is 12.3. The Morgan fingerprint density at radius 2 is 1.95 bits per heavy atom. The molecule has 0 aromatic heterocycles. The van der Waals surface area contributed by atoms with Crippen LogP contribution < -0.4 is 11.1 Å². The molecule has 0 aliphatic carbocycles. The summed E-state index contributed by atoms with van der Waals surface area (Å²) in [6, 6.07) is 8.52. The summed E-state index contributed by atoms with van der Waals surface area (Å²) in [6.45, 7) is 1.84. The van der Waals surface area contributed by atoms with Crippen LogP contribution in [0.25, 0.3) is 0 Å². The first-order chi connectivity index (χ1) is 9.40. The molecule has 0 spiro atoms. The quantitative estimate of drug-likeness (QED) is 0.735. The van der Waals surface area contributed by atoms with Gasteiger partial charge in [-0.2, -0.15) is 0 Å². The van der Waals surface area contributed by atoms with Gasteiger partial charge in [0.1, 0.15) is 0 Å². The van der Waals surface area contributed by atoms with Gasteiger partial charge in [0.05, 0.1) is 21.3 Å². The van der Waals surface area contributed by atoms with Gasteiger partial charge in [0, 0.05) is 10.2 Å². The number of anilines is 2. The molecule has 2 rings (SSSR count). The third-order valence-corrected chi connectivity index (χ3v) is 4.08. The van der Waals surface area contributed by atoms with Crippen LogP contribution in [0.3, 0.4) is 0 Å². The Labute approximate surface area is 135 Å². The van der Waals surface area contributed by atoms with Gasteiger partial charge in [-0.05, 0) is 36.8 Å². The maximum absolute atomic E-state index is 12.3. The van der Waals surface area contributed by atoms with Crippen molar-refractivity contribution < 1.29 is 4.79 Å². The zero-order valence-electron chi connectivity index (χ0n) is 10.5. The van der Waals surface area contributed by atoms with Gasteiger partial charge in [-0.25, -0.2) is 0 Å². The summed E-state index contributed by atoms with van der Waals surface area (Å²) in [6.07, 6.45) is 0. The second-order valence-corrected chi connectivity index (χ2v) is 5.94. The van der Waals surface area contributed by atoms with Crippen molar-refractivity contribution in [2.45, 2.75) is 6.92 Å². The van der Waals surface area contributed by atoms with Crippen LogP contribution in [0.1, 0.15) is 15.9 Å². The zero-order valence-corrected chi connectivity index (χ0v) is 13.6. The Hall–Kier alpha value is -1.23. The Bertz CT molecular complexity index is 689. The first-order valence-corrected chi connectivity index (χ1v) is 7.26. The second kappa shape index (κ2) is 6.04. The molecule has 0 saturated carbocycles. The van der Waals surface area contributed by atoms with Crippen molar-refractivity contribution in [3.05, 3.63) is 56.0 Å². The lowest BCUT2D eigenvalue weighted by atomic mass is 10.1. The number of hydrogen-bond donors (Lipinski definition) is 2. The molecule has 3 nitrogen and oxygen atoms in total. The summed E-state index contributed by atoms with van der Waals surface area (Å²) >= 11 is 15.5. The third-order valence-electron chi connectivity index (χ3n) is 2.78. The third kappa shape index (κ3) is 3.08. The summed E-state index contributed by atoms with van der Waals surface area (Å²) in [5.74, 6) is -0.363. The van der Waals surface area contributed by atoms with Crippen molar-refractivity contribution in [3.8, 4) is 0 Å². The van der Waals surface area contributed by atoms with E-state index < -0.39 is 0 Å². The molecule has 0 atom stereocenters. The van der Waals surface area contributed by atoms with Crippen molar-refractivity contribution in [3.63, 3.8) is 0 Å². The molecule has 2 aromatic carbocycles. The minimum absolute atomic E-state index is 0.355. The smallest absolute Gasteiger partial charge is 0.257 e. The Morgan fingerprint density at radius 3 is 2.65 bits per heavy atom. The molecular formula is C14H11BrCl2N2O. The van der Waals surface area contributed by atoms with Gasteiger partial charge in [0.2, 0.25) is 0 Å². The molecule has 6 heteroatoms. The van der Waals surface area contributed by atoms with Crippen LogP contribution in [-0.2, 0) is 0 Å². The number of hydrogen-bond acceptors (Lipinski definition) is 2. The van der Waals surface area contributed by atoms with Crippen LogP contribution in [0.5, 0.6) is 0 Å². The molecule has 0 aliphatic rings. The first kappa shape index (κ1) is 15.2. The second-order valence-electron chi connectivity index (χ2n) is 4.24. The van der Waals surface area contributed by atoms with Crippen LogP contribution >= 0.6 is 39.1 Å². The number of halogens is 3. The zero-order chi connectivity index (χ0) is 14.9. The van der Waals surface area contributed by atoms with Gasteiger partial charge in [-0.1, -0.05) is 45.2 Å². The summed E-state index contributed by atoms with van der Waals surface area (Å²) < 4.78 is 0.762. The lowest BCUT2D eigenvalue weighted by Crippen LogP contribution is -2.15. The molecule has 104 valence electrons. The van der Waals surface area contributed by atoms with Crippen molar-refractivity contribution in [2.75, 3.05) is 11.1 Å². The first-order valence-electron chi connectivity index (χ1n) is 5.71. The molecule has 2 aromatic rings. The van der Waals surface area contributed by atoms with Crippen molar-refractivity contribution in [1.82, 2.24) is 0 Å². The number of carbonyl (C=O) groups excluding carboxylic acids is 1. The minimum Gasteiger partial charge on any atom is -0.398 e. The fraction of sp³-hybridized carbons (Fsp3) is 0.0714. The molecule has 0 aliphatic heterocycles. The average Bonchev–Trinajstić information content (AvgIpc) is 2.41. The van der Waals surface area contributed by atoms with Crippen LogP contribution in [0.2, 0.25) is 10.0 Å². The topological polar surface area (TPSA) is 55.1 Å². The predicted molar refractivity (Wildman–Crippen MR) is 87.7 cm³/mol. The van der Waals surface area contributed by atoms with Crippen molar-refractivity contribution in [1.29, 1.82) is 0 Å². The van der Waals surface area contributed by atoms with Gasteiger partial charge >= 0.3 is 0 Å². The van der Waals surface area contributed by atoms with E-state index in [4.69, 9.17) is 28.9 Å². The summed E-state index contributed by atoms with van der Waals surface area (Å²) in [4.78, 5) is 12.3. The predicted octanol–water partition coefficient (Wildman–Crippen LogP) is 4.90. The standard InChI is InChI=1S/C14H11BrCl2N2O/c1-7-2-4-10(16)13(12(7)17)19-14(20)9-6-8(15)3-5-11(9)18/h2-6H,18H2,1H3,(H,19,20). The molecule has 1 amide bonds. The van der Waals surface area contributed by atoms with Crippen molar-refractivity contribution >= 4 is 56.4 Å². The Kier molecular flexibility index (Phi) is 4.58. The molecule has 0 fully saturated rings. The highest BCUT2D eigenvalue weighted by molar-refractivity contribution is 9.10. The molecule has 20 heavy (non-hydrogen) atoms. The van der Waals surface area contributed by atoms with Gasteiger partial charge in [0.15, 0.2) is 0 Å². The summed E-state index contributed by atoms with van der Waals surface area (Å²) in [7, 11) is 0. The van der Waals surface area contributed by atoms with Gasteiger partial charge < -0.3 is 11.1 Å². The average molecular weight is 374 g/mol. The lowest BCUT2D eigenvalue weighted by molar-refractivity contribution is 0.102. The number of benzene rings is 2. The largest absolute Gasteiger partial charge is 0.398 e. The number of aryl methyl sites for hydroxylation is 1. The highest BCUT2D eigenvalue weighted by Crippen LogP contribution is 2.33. The van der Waals surface area contributed by atoms with Crippen LogP contribution in [0, 0.1) is 6.92 Å². The van der Waals surface area contributed by atoms with Crippen LogP contribution in [0.4, 0.5) is 11.4 Å². The van der Waals surface area contributed by atoms with E-state index in [1.54, 1.807) is 30.3 Å². The number of nitrogen functional groups attached to an aromatic ring is 1. The van der Waals surface area contributed by atoms with Crippen LogP contribution in [-0.4, -0.2) is 5.91 Å². The lowest BCUT2D eigenvalue weighted by Gasteiger charge is -2.12. The van der Waals surface area contributed by atoms with E-state index in [1.807, 2.05) is 6.92 Å². The van der Waals surface area contributed by atoms with E-state index in [2.05, 4.69) is 21.2 Å². The van der Waals surface area contributed by atoms with Gasteiger partial charge in [0.25, 0.3) is 5.91 Å². The highest BCUT2D eigenvalue weighted by atomic mass is 79.9. The van der Waals surface area contributed by atoms with Gasteiger partial charge in [-0.3, -0.25) is 4.79 Å². The van der Waals surface area contributed by atoms with Crippen molar-refractivity contribution in [2.24, 2.45) is 0 Å². The maximum Gasteiger partial charge on any atom is 0.257 e. The summed E-state index contributed by atoms with van der Waals surface area (Å²) in [5.41, 5.74) is 7.75. The number of rotatable bonds is 2. The van der Waals surface area contributed by atoms with Gasteiger partial charge in [-0.15, -0.1) is 0 Å². The fourth-order valence-corrected chi connectivity index (χ4v) is 2.50. The van der Waals surface area contributed by atoms with E-state index in [0.29, 0.717) is 27.0 Å². The molecular weight excluding hydrogens is 363 g/mol. The fourth-order valence-electron chi connectivity index (χ4n) is 1.68. The van der Waals surface area contributed by atoms with E-state index >= 15 is 0 Å². The molecule has 0 saturated heterocycles. The summed E-state index contributed by atoms with van der Waals surface area (Å²) in [5, 5.41) is 3.49. The molecule has 3 N–H and O–H groups in total. The minimum atomic E-state index is -0.363. The molecule has 0 radical (unpaired) electrons. The SMILES string of the molecule is Cc1ccc(Cl)c(NC(=O)c2cc(Br)ccc2N)c1Cl. The van der Waals surface area contributed by atoms with E-state index in [0.717, 1.165) is 10.0 Å².